The van der Waals surface area contributed by atoms with E-state index in [4.69, 9.17) is 0 Å². The summed E-state index contributed by atoms with van der Waals surface area (Å²) in [5.41, 5.74) is 2.07. The Kier molecular flexibility index (Phi) is 1.62. The number of aromatic nitrogens is 1. The van der Waals surface area contributed by atoms with Crippen molar-refractivity contribution in [2.75, 3.05) is 0 Å². The van der Waals surface area contributed by atoms with Crippen LogP contribution in [-0.4, -0.2) is 10.1 Å². The largest absolute Gasteiger partial charge is 0.389 e. The van der Waals surface area contributed by atoms with Crippen LogP contribution >= 0.6 is 0 Å². The van der Waals surface area contributed by atoms with Gasteiger partial charge in [0.2, 0.25) is 0 Å². The first kappa shape index (κ1) is 7.37. The minimum atomic E-state index is -0.385. The van der Waals surface area contributed by atoms with Gasteiger partial charge in [-0.3, -0.25) is 0 Å². The highest BCUT2D eigenvalue weighted by molar-refractivity contribution is 5.79. The molecule has 1 heterocycles. The summed E-state index contributed by atoms with van der Waals surface area (Å²) in [7, 11) is 0. The smallest absolute Gasteiger partial charge is 0.0762 e. The van der Waals surface area contributed by atoms with Gasteiger partial charge in [0.05, 0.1) is 6.10 Å². The fourth-order valence-corrected chi connectivity index (χ4v) is 1.33. The molecule has 2 N–H and O–H groups in total. The van der Waals surface area contributed by atoms with Crippen LogP contribution in [0.1, 0.15) is 18.6 Å². The summed E-state index contributed by atoms with van der Waals surface area (Å²) in [6.07, 6.45) is 1.51. The number of aliphatic hydroxyl groups excluding tert-OH is 1. The van der Waals surface area contributed by atoms with E-state index < -0.39 is 0 Å². The number of aromatic amines is 1. The zero-order chi connectivity index (χ0) is 8.55. The maximum atomic E-state index is 9.31. The summed E-state index contributed by atoms with van der Waals surface area (Å²) in [5.74, 6) is 0. The minimum absolute atomic E-state index is 0.385. The van der Waals surface area contributed by atoms with Crippen LogP contribution in [-0.2, 0) is 0 Å². The molecule has 0 aliphatic carbocycles. The molecule has 1 aromatic carbocycles. The topological polar surface area (TPSA) is 36.0 Å². The molecular formula is C10H11NO. The van der Waals surface area contributed by atoms with Crippen LogP contribution in [0.3, 0.4) is 0 Å². The summed E-state index contributed by atoms with van der Waals surface area (Å²) in [6.45, 7) is 1.77. The Labute approximate surface area is 70.8 Å². The quantitative estimate of drug-likeness (QED) is 0.661. The Morgan fingerprint density at radius 2 is 2.17 bits per heavy atom. The van der Waals surface area contributed by atoms with Crippen LogP contribution in [0, 0.1) is 0 Å². The number of benzene rings is 1. The number of nitrogens with one attached hydrogen (secondary N) is 1. The third-order valence-electron chi connectivity index (χ3n) is 2.06. The third kappa shape index (κ3) is 1.10. The molecule has 0 radical (unpaired) electrons. The van der Waals surface area contributed by atoms with Gasteiger partial charge in [0.1, 0.15) is 0 Å². The van der Waals surface area contributed by atoms with Gasteiger partial charge in [0, 0.05) is 11.7 Å². The molecule has 0 bridgehead atoms. The molecule has 2 aromatic rings. The molecular weight excluding hydrogens is 150 g/mol. The van der Waals surface area contributed by atoms with Gasteiger partial charge in [0.25, 0.3) is 0 Å². The fraction of sp³-hybridized carbons (Fsp3) is 0.200. The van der Waals surface area contributed by atoms with Gasteiger partial charge in [-0.05, 0) is 36.1 Å². The fourth-order valence-electron chi connectivity index (χ4n) is 1.33. The third-order valence-corrected chi connectivity index (χ3v) is 2.06. The van der Waals surface area contributed by atoms with Gasteiger partial charge in [-0.25, -0.2) is 0 Å². The lowest BCUT2D eigenvalue weighted by atomic mass is 10.1. The summed E-state index contributed by atoms with van der Waals surface area (Å²) < 4.78 is 0. The molecule has 1 aromatic heterocycles. The number of aliphatic hydroxyl groups is 1. The number of hydrogen-bond acceptors (Lipinski definition) is 1. The molecule has 2 rings (SSSR count). The Balaban J connectivity index is 2.60. The van der Waals surface area contributed by atoms with E-state index in [2.05, 4.69) is 4.98 Å². The maximum Gasteiger partial charge on any atom is 0.0762 e. The van der Waals surface area contributed by atoms with Crippen molar-refractivity contribution in [3.63, 3.8) is 0 Å². The van der Waals surface area contributed by atoms with E-state index in [1.165, 1.54) is 0 Å². The minimum Gasteiger partial charge on any atom is -0.389 e. The van der Waals surface area contributed by atoms with Crippen molar-refractivity contribution >= 4 is 10.9 Å². The van der Waals surface area contributed by atoms with Gasteiger partial charge >= 0.3 is 0 Å². The molecule has 0 fully saturated rings. The second kappa shape index (κ2) is 2.64. The highest BCUT2D eigenvalue weighted by atomic mass is 16.3. The predicted molar refractivity (Wildman–Crippen MR) is 48.9 cm³/mol. The first-order valence-corrected chi connectivity index (χ1v) is 4.02. The lowest BCUT2D eigenvalue weighted by molar-refractivity contribution is 0.199. The maximum absolute atomic E-state index is 9.31. The van der Waals surface area contributed by atoms with Crippen molar-refractivity contribution in [2.45, 2.75) is 13.0 Å². The van der Waals surface area contributed by atoms with E-state index in [0.29, 0.717) is 0 Å². The van der Waals surface area contributed by atoms with Crippen molar-refractivity contribution in [3.8, 4) is 0 Å². The molecule has 0 amide bonds. The summed E-state index contributed by atoms with van der Waals surface area (Å²) in [5, 5.41) is 10.5. The number of fused-ring (bicyclic) bond motifs is 1. The monoisotopic (exact) mass is 161 g/mol. The van der Waals surface area contributed by atoms with Gasteiger partial charge in [-0.1, -0.05) is 6.07 Å². The lowest BCUT2D eigenvalue weighted by Gasteiger charge is -2.03. The van der Waals surface area contributed by atoms with Crippen molar-refractivity contribution in [3.05, 3.63) is 36.0 Å². The predicted octanol–water partition coefficient (Wildman–Crippen LogP) is 2.22. The second-order valence-corrected chi connectivity index (χ2v) is 3.00. The number of rotatable bonds is 1. The molecule has 0 aliphatic rings. The van der Waals surface area contributed by atoms with E-state index in [-0.39, 0.29) is 6.10 Å². The molecule has 1 atom stereocenters. The molecule has 2 heteroatoms. The van der Waals surface area contributed by atoms with Crippen LogP contribution in [0.25, 0.3) is 10.9 Å². The van der Waals surface area contributed by atoms with E-state index in [0.717, 1.165) is 16.5 Å². The molecule has 0 unspecified atom stereocenters. The normalized spacial score (nSPS) is 13.5. The molecule has 0 saturated heterocycles. The summed E-state index contributed by atoms with van der Waals surface area (Å²) >= 11 is 0. The van der Waals surface area contributed by atoms with Crippen LogP contribution in [0.15, 0.2) is 30.5 Å². The lowest BCUT2D eigenvalue weighted by Crippen LogP contribution is -1.89. The van der Waals surface area contributed by atoms with E-state index in [9.17, 15) is 5.11 Å². The Bertz CT molecular complexity index is 389. The number of H-pyrrole nitrogens is 1. The molecule has 62 valence electrons. The van der Waals surface area contributed by atoms with E-state index in [1.807, 2.05) is 30.5 Å². The molecule has 0 spiro atoms. The summed E-state index contributed by atoms with van der Waals surface area (Å²) in [6, 6.07) is 7.92. The van der Waals surface area contributed by atoms with E-state index >= 15 is 0 Å². The highest BCUT2D eigenvalue weighted by Gasteiger charge is 2.01. The zero-order valence-corrected chi connectivity index (χ0v) is 6.91. The van der Waals surface area contributed by atoms with Crippen molar-refractivity contribution in [2.24, 2.45) is 0 Å². The Morgan fingerprint density at radius 3 is 2.92 bits per heavy atom. The zero-order valence-electron chi connectivity index (χ0n) is 6.91. The molecule has 0 saturated carbocycles. The van der Waals surface area contributed by atoms with Crippen LogP contribution in [0.4, 0.5) is 0 Å². The average molecular weight is 161 g/mol. The van der Waals surface area contributed by atoms with Gasteiger partial charge < -0.3 is 10.1 Å². The first-order chi connectivity index (χ1) is 5.77. The molecule has 0 aliphatic heterocycles. The SMILES string of the molecule is C[C@H](O)c1ccc2[nH]ccc2c1. The van der Waals surface area contributed by atoms with Crippen LogP contribution in [0.5, 0.6) is 0 Å². The van der Waals surface area contributed by atoms with Crippen molar-refractivity contribution in [1.82, 2.24) is 4.98 Å². The highest BCUT2D eigenvalue weighted by Crippen LogP contribution is 2.18. The first-order valence-electron chi connectivity index (χ1n) is 4.02. The number of hydrogen-bond donors (Lipinski definition) is 2. The van der Waals surface area contributed by atoms with Crippen molar-refractivity contribution in [1.29, 1.82) is 0 Å². The van der Waals surface area contributed by atoms with Gasteiger partial charge in [-0.2, -0.15) is 0 Å². The Hall–Kier alpha value is -1.28. The summed E-state index contributed by atoms with van der Waals surface area (Å²) in [4.78, 5) is 3.10. The van der Waals surface area contributed by atoms with Gasteiger partial charge in [0.15, 0.2) is 0 Å². The standard InChI is InChI=1S/C10H11NO/c1-7(12)8-2-3-10-9(6-8)4-5-11-10/h2-7,11-12H,1H3/t7-/m0/s1. The average Bonchev–Trinajstić information content (AvgIpc) is 2.49. The Morgan fingerprint density at radius 1 is 1.33 bits per heavy atom. The second-order valence-electron chi connectivity index (χ2n) is 3.00. The van der Waals surface area contributed by atoms with Crippen LogP contribution < -0.4 is 0 Å². The van der Waals surface area contributed by atoms with E-state index in [1.54, 1.807) is 6.92 Å². The molecule has 12 heavy (non-hydrogen) atoms. The molecule has 2 nitrogen and oxygen atoms in total. The van der Waals surface area contributed by atoms with Crippen molar-refractivity contribution < 1.29 is 5.11 Å². The van der Waals surface area contributed by atoms with Crippen LogP contribution in [0.2, 0.25) is 0 Å². The van der Waals surface area contributed by atoms with Gasteiger partial charge in [-0.15, -0.1) is 0 Å².